The molecule has 0 aliphatic carbocycles. The van der Waals surface area contributed by atoms with Gasteiger partial charge in [-0.15, -0.1) is 5.10 Å². The fourth-order valence-electron chi connectivity index (χ4n) is 13.3. The molecule has 0 spiro atoms. The zero-order valence-corrected chi connectivity index (χ0v) is 85.1. The summed E-state index contributed by atoms with van der Waals surface area (Å²) in [6.07, 6.45) is 7.22. The Kier molecular flexibility index (Phi) is 76.6. The van der Waals surface area contributed by atoms with Crippen LogP contribution in [0.1, 0.15) is 94.6 Å². The van der Waals surface area contributed by atoms with Crippen LogP contribution in [0.4, 0.5) is 21.0 Å². The van der Waals surface area contributed by atoms with Gasteiger partial charge in [-0.2, -0.15) is 28.8 Å². The number of hydrogen-bond donors (Lipinski definition) is 15. The van der Waals surface area contributed by atoms with E-state index in [-0.39, 0.29) is 179 Å². The fourth-order valence-corrected chi connectivity index (χ4v) is 13.9. The number of carboxylic acids is 5. The summed E-state index contributed by atoms with van der Waals surface area (Å²) in [5.74, 6) is -6.50. The molecule has 3 aromatic carbocycles. The molecular formula is C93H142IN17O33S. The predicted molar refractivity (Wildman–Crippen MR) is 529 cm³/mol. The number of unbranched alkanes of at least 4 members (excludes halogenated alkanes) is 3. The number of anilines is 2. The Morgan fingerprint density at radius 2 is 0.862 bits per heavy atom. The predicted octanol–water partition coefficient (Wildman–Crippen LogP) is 1.09. The summed E-state index contributed by atoms with van der Waals surface area (Å²) in [6.45, 7) is 11.9. The van der Waals surface area contributed by atoms with Crippen LogP contribution in [0.25, 0.3) is 11.3 Å². The maximum absolute atomic E-state index is 13.7. The molecule has 810 valence electrons. The maximum atomic E-state index is 13.7. The third kappa shape index (κ3) is 71.6. The number of aromatic nitrogens is 3. The number of hydrogen-bond acceptors (Lipinski definition) is 35. The average molecular weight is 2190 g/mol. The van der Waals surface area contributed by atoms with Gasteiger partial charge >= 0.3 is 60.4 Å². The van der Waals surface area contributed by atoms with Gasteiger partial charge in [-0.05, 0) is 167 Å². The molecule has 8 amide bonds. The highest BCUT2D eigenvalue weighted by atomic mass is 127. The SMILES string of the molecule is CN1CCN(CC(=O)O)CCN(CC(=O)O)CC(Cc2ccc(NC(=S)NCCCC[C@H](NC(=O)CCOCCOCCOCCn3cc(-c4cccc(NC(=O)NCCCC[C@H](NC(=O)NCCCC(=O)O)C(=O)O)c4)nn3)C(=O)NCCOCCOCCOCCOCCOCCOCCOCCOCCC(=O)NC(CCCCNC(=O)Cc3ccc(I)cc3)C(=O)O)cc2)N(C)CC1.O=C=O.O=C=O.O=C=O. The van der Waals surface area contributed by atoms with Gasteiger partial charge in [-0.1, -0.05) is 41.6 Å². The second kappa shape index (κ2) is 85.7. The number of ether oxygens (including phenoxy) is 11. The van der Waals surface area contributed by atoms with E-state index in [1.807, 2.05) is 78.5 Å². The summed E-state index contributed by atoms with van der Waals surface area (Å²) in [6, 6.07) is 18.3. The van der Waals surface area contributed by atoms with Gasteiger partial charge in [0.15, 0.2) is 5.11 Å². The van der Waals surface area contributed by atoms with Crippen LogP contribution in [0, 0.1) is 3.57 Å². The number of benzene rings is 3. The molecule has 0 bridgehead atoms. The van der Waals surface area contributed by atoms with Gasteiger partial charge in [0.1, 0.15) is 23.8 Å². The highest BCUT2D eigenvalue weighted by Crippen LogP contribution is 2.22. The molecule has 2 unspecified atom stereocenters. The lowest BCUT2D eigenvalue weighted by Gasteiger charge is -2.36. The topological polar surface area (TPSA) is 657 Å². The lowest BCUT2D eigenvalue weighted by Crippen LogP contribution is -2.50. The van der Waals surface area contributed by atoms with E-state index in [9.17, 15) is 73.2 Å². The molecule has 4 atom stereocenters. The van der Waals surface area contributed by atoms with Crippen LogP contribution < -0.4 is 53.2 Å². The lowest BCUT2D eigenvalue weighted by atomic mass is 10.0. The molecule has 1 aromatic heterocycles. The first-order chi connectivity index (χ1) is 70.0. The Morgan fingerprint density at radius 3 is 1.38 bits per heavy atom. The highest BCUT2D eigenvalue weighted by Gasteiger charge is 2.27. The van der Waals surface area contributed by atoms with E-state index in [2.05, 4.69) is 95.9 Å². The minimum absolute atomic E-state index is 0.0000661. The first-order valence-electron chi connectivity index (χ1n) is 47.4. The second-order valence-corrected chi connectivity index (χ2v) is 33.8. The first-order valence-corrected chi connectivity index (χ1v) is 48.9. The summed E-state index contributed by atoms with van der Waals surface area (Å²) >= 11 is 7.86. The Hall–Kier alpha value is -11.5. The number of nitrogens with zero attached hydrogens (tertiary/aromatic N) is 7. The third-order valence-electron chi connectivity index (χ3n) is 20.8. The van der Waals surface area contributed by atoms with Crippen molar-refractivity contribution in [3.8, 4) is 11.3 Å². The normalized spacial score (nSPS) is 13.5. The van der Waals surface area contributed by atoms with Crippen molar-refractivity contribution in [1.82, 2.24) is 77.1 Å². The van der Waals surface area contributed by atoms with Gasteiger partial charge in [-0.3, -0.25) is 43.4 Å². The van der Waals surface area contributed by atoms with Gasteiger partial charge in [-0.25, -0.2) is 23.9 Å². The molecule has 0 radical (unpaired) electrons. The van der Waals surface area contributed by atoms with Crippen molar-refractivity contribution in [2.45, 2.75) is 127 Å². The summed E-state index contributed by atoms with van der Waals surface area (Å²) in [4.78, 5) is 191. The van der Waals surface area contributed by atoms with Crippen LogP contribution >= 0.6 is 34.8 Å². The quantitative estimate of drug-likeness (QED) is 0.0167. The summed E-state index contributed by atoms with van der Waals surface area (Å²) in [7, 11) is 4.06. The Bertz CT molecular complexity index is 4380. The fraction of sp³-hybridized carbons (Fsp3) is 0.624. The monoisotopic (exact) mass is 2180 g/mol. The number of thiocarbonyl (C=S) groups is 1. The van der Waals surface area contributed by atoms with Crippen molar-refractivity contribution >= 4 is 135 Å². The Morgan fingerprint density at radius 1 is 0.428 bits per heavy atom. The molecule has 50 nitrogen and oxygen atoms in total. The molecule has 1 aliphatic heterocycles. The molecule has 1 aliphatic rings. The Balaban J connectivity index is 0.00000759. The van der Waals surface area contributed by atoms with E-state index >= 15 is 0 Å². The van der Waals surface area contributed by atoms with Crippen LogP contribution in [-0.4, -0.2) is 424 Å². The third-order valence-corrected chi connectivity index (χ3v) is 21.8. The molecule has 15 N–H and O–H groups in total. The molecule has 4 aromatic rings. The minimum atomic E-state index is -1.22. The van der Waals surface area contributed by atoms with Crippen LogP contribution in [0.2, 0.25) is 0 Å². The zero-order chi connectivity index (χ0) is 107. The van der Waals surface area contributed by atoms with Gasteiger partial charge in [0.2, 0.25) is 23.6 Å². The maximum Gasteiger partial charge on any atom is 0.373 e. The number of carboxylic acid groups (broad SMARTS) is 5. The van der Waals surface area contributed by atoms with Crippen LogP contribution in [0.5, 0.6) is 0 Å². The molecule has 5 rings (SSSR count). The van der Waals surface area contributed by atoms with Crippen molar-refractivity contribution in [3.05, 3.63) is 93.7 Å². The van der Waals surface area contributed by atoms with Crippen molar-refractivity contribution in [1.29, 1.82) is 0 Å². The molecule has 1 fully saturated rings. The van der Waals surface area contributed by atoms with Crippen molar-refractivity contribution in [3.63, 3.8) is 0 Å². The molecule has 0 saturated carbocycles. The molecule has 2 heterocycles. The average Bonchev–Trinajstić information content (AvgIpc) is 1.69. The van der Waals surface area contributed by atoms with Crippen LogP contribution in [0.15, 0.2) is 79.0 Å². The Labute approximate surface area is 860 Å². The minimum Gasteiger partial charge on any atom is -0.481 e. The number of aliphatic carboxylic acids is 5. The first kappa shape index (κ1) is 130. The van der Waals surface area contributed by atoms with E-state index < -0.39 is 65.9 Å². The van der Waals surface area contributed by atoms with E-state index in [1.54, 1.807) is 29.1 Å². The van der Waals surface area contributed by atoms with E-state index in [0.717, 1.165) is 33.5 Å². The number of carbonyl (C=O) groups is 11. The number of nitrogens with one attached hydrogen (secondary N) is 10. The van der Waals surface area contributed by atoms with Gasteiger partial charge < -0.3 is 141 Å². The van der Waals surface area contributed by atoms with E-state index in [1.165, 1.54) is 0 Å². The van der Waals surface area contributed by atoms with E-state index in [0.29, 0.717) is 212 Å². The molecule has 52 heteroatoms. The van der Waals surface area contributed by atoms with Gasteiger partial charge in [0.25, 0.3) is 0 Å². The number of carbonyl (C=O) groups excluding carboxylic acids is 12. The summed E-state index contributed by atoms with van der Waals surface area (Å²) < 4.78 is 64.4. The molecular weight excluding hydrogens is 2040 g/mol. The van der Waals surface area contributed by atoms with Gasteiger partial charge in [0.05, 0.1) is 178 Å². The lowest BCUT2D eigenvalue weighted by molar-refractivity contribution is -0.193. The number of halogens is 1. The van der Waals surface area contributed by atoms with Crippen LogP contribution in [0.3, 0.4) is 0 Å². The van der Waals surface area contributed by atoms with Crippen LogP contribution in [-0.2, 0) is 143 Å². The summed E-state index contributed by atoms with van der Waals surface area (Å²) in [5, 5.41) is 84.0. The number of likely N-dealkylation sites (N-methyl/N-ethyl adjacent to an activating group) is 2. The number of rotatable bonds is 75. The standard InChI is InChI=1S/C90H142IN17O27S.3CO2/c1-104-32-34-105(2)74(64-107(67-84(116)117)37-36-106(35-33-104)66-83(114)115)61-68-19-23-72(24-20-68)98-90(136)96-29-8-3-13-75(99-79(109)25-39-125-43-47-129-50-46-128-42-38-108-65-78(102-103-108)70-11-9-12-73(63-70)97-88(123)94-28-7-5-15-77(87(121)122)101-89(124)95-30-10-16-82(112)113)85(118)93-31-41-127-45-49-131-52-54-133-56-58-135-60-59-134-57-55-132-53-51-130-48-44-126-40-26-80(110)100-76(86(119)120)14-4-6-27-92-81(111)62-69-17-21-71(91)22-18-69;3*2-1-3/h9,11-12,17-24,63,65,74-77H,3-8,10,13-16,25-62,64,66-67H2,1-2H3,(H,92,111)(H,93,118)(H,99,109)(H,100,110)(H,112,113)(H,114,115)(H,116,117)(H,119,120)(H,121,122)(H2,94,97,123)(H2,95,101,124)(H2,96,98,136);;;/t74?,75-,76?,77-;;;/m0.../s1. The number of urea groups is 2. The van der Waals surface area contributed by atoms with Gasteiger partial charge in [0, 0.05) is 124 Å². The molecule has 145 heavy (non-hydrogen) atoms. The highest BCUT2D eigenvalue weighted by molar-refractivity contribution is 14.1. The zero-order valence-electron chi connectivity index (χ0n) is 82.2. The van der Waals surface area contributed by atoms with Crippen molar-refractivity contribution in [2.24, 2.45) is 0 Å². The van der Waals surface area contributed by atoms with E-state index in [4.69, 9.17) is 98.2 Å². The number of amides is 8. The second-order valence-electron chi connectivity index (χ2n) is 32.1. The van der Waals surface area contributed by atoms with Crippen molar-refractivity contribution in [2.75, 3.05) is 262 Å². The smallest absolute Gasteiger partial charge is 0.373 e. The summed E-state index contributed by atoms with van der Waals surface area (Å²) in [5.41, 5.74) is 4.48. The van der Waals surface area contributed by atoms with Crippen molar-refractivity contribution < 1.29 is 159 Å². The molecule has 1 saturated heterocycles. The largest absolute Gasteiger partial charge is 0.481 e.